The first kappa shape index (κ1) is 11.5. The lowest BCUT2D eigenvalue weighted by Crippen LogP contribution is -2.47. The van der Waals surface area contributed by atoms with Crippen molar-refractivity contribution < 1.29 is 19.4 Å². The summed E-state index contributed by atoms with van der Waals surface area (Å²) in [5.74, 6) is -2.06. The van der Waals surface area contributed by atoms with Crippen molar-refractivity contribution in [2.24, 2.45) is 5.73 Å². The van der Waals surface area contributed by atoms with Crippen LogP contribution in [0.25, 0.3) is 0 Å². The lowest BCUT2D eigenvalue weighted by atomic mass is 9.94. The summed E-state index contributed by atoms with van der Waals surface area (Å²) in [4.78, 5) is 10.7. The molecule has 0 aliphatic rings. The molecule has 0 unspecified atom stereocenters. The van der Waals surface area contributed by atoms with Crippen LogP contribution in [0.3, 0.4) is 0 Å². The summed E-state index contributed by atoms with van der Waals surface area (Å²) >= 11 is 0. The van der Waals surface area contributed by atoms with Crippen LogP contribution in [0.1, 0.15) is 12.5 Å². The molecule has 1 aromatic carbocycles. The maximum atomic E-state index is 13.2. The van der Waals surface area contributed by atoms with Crippen molar-refractivity contribution in [1.82, 2.24) is 0 Å². The van der Waals surface area contributed by atoms with E-state index in [1.807, 2.05) is 0 Å². The van der Waals surface area contributed by atoms with E-state index in [-0.39, 0.29) is 17.7 Å². The molecule has 0 aliphatic heterocycles. The van der Waals surface area contributed by atoms with Gasteiger partial charge in [-0.2, -0.15) is 0 Å². The summed E-state index contributed by atoms with van der Waals surface area (Å²) in [5.41, 5.74) is 4.12. The van der Waals surface area contributed by atoms with E-state index in [9.17, 15) is 9.18 Å². The van der Waals surface area contributed by atoms with Gasteiger partial charge in [-0.3, -0.25) is 4.79 Å². The van der Waals surface area contributed by atoms with Gasteiger partial charge < -0.3 is 15.9 Å². The maximum Gasteiger partial charge on any atom is 0.323 e. The second kappa shape index (κ2) is 3.86. The fraction of sp³-hybridized carbons (Fsp3) is 0.300. The Bertz CT molecular complexity index is 390. The van der Waals surface area contributed by atoms with Crippen molar-refractivity contribution in [2.45, 2.75) is 18.9 Å². The minimum atomic E-state index is -1.52. The molecule has 0 heterocycles. The molecule has 0 saturated heterocycles. The van der Waals surface area contributed by atoms with Gasteiger partial charge in [0.25, 0.3) is 0 Å². The molecule has 5 heteroatoms. The Balaban J connectivity index is 2.95. The van der Waals surface area contributed by atoms with Gasteiger partial charge in [-0.05, 0) is 18.6 Å². The first-order valence-electron chi connectivity index (χ1n) is 4.32. The van der Waals surface area contributed by atoms with Crippen LogP contribution in [0, 0.1) is 5.82 Å². The monoisotopic (exact) mass is 213 g/mol. The predicted molar refractivity (Wildman–Crippen MR) is 52.0 cm³/mol. The zero-order chi connectivity index (χ0) is 11.6. The van der Waals surface area contributed by atoms with Gasteiger partial charge in [-0.1, -0.05) is 6.07 Å². The quantitative estimate of drug-likeness (QED) is 0.695. The number of aliphatic carboxylic acids is 1. The van der Waals surface area contributed by atoms with E-state index in [1.54, 1.807) is 0 Å². The van der Waals surface area contributed by atoms with Crippen LogP contribution in [0.2, 0.25) is 0 Å². The fourth-order valence-corrected chi connectivity index (χ4v) is 1.15. The Labute approximate surface area is 86.1 Å². The van der Waals surface area contributed by atoms with E-state index in [2.05, 4.69) is 0 Å². The highest BCUT2D eigenvalue weighted by atomic mass is 19.1. The number of nitrogens with two attached hydrogens (primary N) is 1. The Morgan fingerprint density at radius 1 is 1.60 bits per heavy atom. The van der Waals surface area contributed by atoms with Crippen LogP contribution in [0.5, 0.6) is 5.75 Å². The van der Waals surface area contributed by atoms with Crippen LogP contribution in [-0.4, -0.2) is 21.7 Å². The number of halogens is 1. The van der Waals surface area contributed by atoms with E-state index in [0.717, 1.165) is 6.07 Å². The zero-order valence-electron chi connectivity index (χ0n) is 8.20. The molecule has 4 N–H and O–H groups in total. The average Bonchev–Trinajstić information content (AvgIpc) is 2.09. The van der Waals surface area contributed by atoms with Gasteiger partial charge in [0.2, 0.25) is 0 Å². The molecule has 0 bridgehead atoms. The molecule has 0 amide bonds. The van der Waals surface area contributed by atoms with Crippen LogP contribution in [-0.2, 0) is 11.2 Å². The van der Waals surface area contributed by atoms with Crippen molar-refractivity contribution in [3.8, 4) is 5.75 Å². The van der Waals surface area contributed by atoms with E-state index >= 15 is 0 Å². The van der Waals surface area contributed by atoms with Crippen molar-refractivity contribution >= 4 is 5.97 Å². The third kappa shape index (κ3) is 2.66. The number of carbonyl (C=O) groups is 1. The molecule has 82 valence electrons. The molecule has 0 saturated carbocycles. The molecule has 0 spiro atoms. The SMILES string of the molecule is C[C@@](N)(Cc1ccc(O)cc1F)C(=O)O. The van der Waals surface area contributed by atoms with E-state index in [1.165, 1.54) is 19.1 Å². The molecule has 0 aliphatic carbocycles. The average molecular weight is 213 g/mol. The van der Waals surface area contributed by atoms with E-state index in [0.29, 0.717) is 0 Å². The summed E-state index contributed by atoms with van der Waals surface area (Å²) in [6, 6.07) is 3.53. The van der Waals surface area contributed by atoms with Crippen LogP contribution in [0.15, 0.2) is 18.2 Å². The molecule has 0 radical (unpaired) electrons. The number of carboxylic acids is 1. The third-order valence-corrected chi connectivity index (χ3v) is 2.08. The number of phenols is 1. The van der Waals surface area contributed by atoms with Crippen LogP contribution < -0.4 is 5.73 Å². The third-order valence-electron chi connectivity index (χ3n) is 2.08. The number of hydrogen-bond acceptors (Lipinski definition) is 3. The number of aromatic hydroxyl groups is 1. The van der Waals surface area contributed by atoms with Crippen LogP contribution in [0.4, 0.5) is 4.39 Å². The summed E-state index contributed by atoms with van der Waals surface area (Å²) in [5, 5.41) is 17.7. The molecular formula is C10H12FNO3. The van der Waals surface area contributed by atoms with Gasteiger partial charge in [-0.25, -0.2) is 4.39 Å². The van der Waals surface area contributed by atoms with E-state index < -0.39 is 17.3 Å². The first-order valence-corrected chi connectivity index (χ1v) is 4.32. The second-order valence-corrected chi connectivity index (χ2v) is 3.68. The Morgan fingerprint density at radius 3 is 2.67 bits per heavy atom. The van der Waals surface area contributed by atoms with Gasteiger partial charge >= 0.3 is 5.97 Å². The van der Waals surface area contributed by atoms with Gasteiger partial charge in [-0.15, -0.1) is 0 Å². The zero-order valence-corrected chi connectivity index (χ0v) is 8.20. The fourth-order valence-electron chi connectivity index (χ4n) is 1.15. The van der Waals surface area contributed by atoms with Crippen molar-refractivity contribution in [2.75, 3.05) is 0 Å². The van der Waals surface area contributed by atoms with Gasteiger partial charge in [0.1, 0.15) is 17.1 Å². The summed E-state index contributed by atoms with van der Waals surface area (Å²) in [6.07, 6.45) is -0.131. The van der Waals surface area contributed by atoms with Crippen molar-refractivity contribution in [3.63, 3.8) is 0 Å². The summed E-state index contributed by atoms with van der Waals surface area (Å²) in [7, 11) is 0. The molecule has 0 aromatic heterocycles. The molecule has 1 atom stereocenters. The highest BCUT2D eigenvalue weighted by Gasteiger charge is 2.29. The standard InChI is InChI=1S/C10H12FNO3/c1-10(12,9(14)15)5-6-2-3-7(13)4-8(6)11/h2-4,13H,5,12H2,1H3,(H,14,15)/t10-/m1/s1. The second-order valence-electron chi connectivity index (χ2n) is 3.68. The number of benzene rings is 1. The highest BCUT2D eigenvalue weighted by molar-refractivity contribution is 5.78. The lowest BCUT2D eigenvalue weighted by Gasteiger charge is -2.19. The Kier molecular flexibility index (Phi) is 2.95. The number of carboxylic acid groups (broad SMARTS) is 1. The maximum absolute atomic E-state index is 13.2. The number of rotatable bonds is 3. The number of hydrogen-bond donors (Lipinski definition) is 3. The Morgan fingerprint density at radius 2 is 2.20 bits per heavy atom. The summed E-state index contributed by atoms with van der Waals surface area (Å²) in [6.45, 7) is 1.31. The predicted octanol–water partition coefficient (Wildman–Crippen LogP) is 0.876. The number of phenolic OH excluding ortho intramolecular Hbond substituents is 1. The first-order chi connectivity index (χ1) is 6.83. The molecule has 1 aromatic rings. The molecule has 1 rings (SSSR count). The molecular weight excluding hydrogens is 201 g/mol. The molecule has 0 fully saturated rings. The highest BCUT2D eigenvalue weighted by Crippen LogP contribution is 2.19. The van der Waals surface area contributed by atoms with E-state index in [4.69, 9.17) is 15.9 Å². The minimum Gasteiger partial charge on any atom is -0.508 e. The smallest absolute Gasteiger partial charge is 0.323 e. The van der Waals surface area contributed by atoms with Crippen molar-refractivity contribution in [3.05, 3.63) is 29.6 Å². The van der Waals surface area contributed by atoms with Crippen molar-refractivity contribution in [1.29, 1.82) is 0 Å². The van der Waals surface area contributed by atoms with Crippen LogP contribution >= 0.6 is 0 Å². The largest absolute Gasteiger partial charge is 0.508 e. The lowest BCUT2D eigenvalue weighted by molar-refractivity contribution is -0.142. The normalized spacial score (nSPS) is 14.6. The molecule has 4 nitrogen and oxygen atoms in total. The summed E-state index contributed by atoms with van der Waals surface area (Å²) < 4.78 is 13.2. The van der Waals surface area contributed by atoms with Gasteiger partial charge in [0.05, 0.1) is 0 Å². The Hall–Kier alpha value is -1.62. The minimum absolute atomic E-state index is 0.131. The molecule has 15 heavy (non-hydrogen) atoms. The topological polar surface area (TPSA) is 83.5 Å². The van der Waals surface area contributed by atoms with Gasteiger partial charge in [0, 0.05) is 12.5 Å². The van der Waals surface area contributed by atoms with Gasteiger partial charge in [0.15, 0.2) is 0 Å².